The monoisotopic (exact) mass is 479 g/mol. The van der Waals surface area contributed by atoms with Crippen molar-refractivity contribution in [2.24, 2.45) is 5.16 Å². The van der Waals surface area contributed by atoms with Gasteiger partial charge in [-0.15, -0.1) is 0 Å². The highest BCUT2D eigenvalue weighted by Crippen LogP contribution is 2.34. The SMILES string of the molecule is CC1(c2ccc(Cl)cc2)OCC(CO/N=C(\Cn2ccnc2)c2ccc(Cl)cc2Cl)O1. The molecule has 162 valence electrons. The number of nitrogens with zero attached hydrogens (tertiary/aromatic N) is 3. The molecule has 2 heterocycles. The number of ether oxygens (including phenoxy) is 2. The number of imidazole rings is 1. The zero-order chi connectivity index (χ0) is 21.8. The van der Waals surface area contributed by atoms with Gasteiger partial charge >= 0.3 is 0 Å². The van der Waals surface area contributed by atoms with Crippen LogP contribution in [0.1, 0.15) is 18.1 Å². The quantitative estimate of drug-likeness (QED) is 0.328. The van der Waals surface area contributed by atoms with Gasteiger partial charge in [-0.2, -0.15) is 0 Å². The van der Waals surface area contributed by atoms with Gasteiger partial charge in [-0.1, -0.05) is 52.1 Å². The zero-order valence-corrected chi connectivity index (χ0v) is 18.9. The molecule has 3 aromatic rings. The summed E-state index contributed by atoms with van der Waals surface area (Å²) in [7, 11) is 0. The lowest BCUT2D eigenvalue weighted by Gasteiger charge is -2.23. The molecule has 0 radical (unpaired) electrons. The molecule has 31 heavy (non-hydrogen) atoms. The molecule has 0 saturated carbocycles. The van der Waals surface area contributed by atoms with E-state index in [4.69, 9.17) is 49.1 Å². The van der Waals surface area contributed by atoms with Crippen LogP contribution >= 0.6 is 34.8 Å². The Morgan fingerprint density at radius 3 is 2.68 bits per heavy atom. The minimum absolute atomic E-state index is 0.224. The van der Waals surface area contributed by atoms with Gasteiger partial charge < -0.3 is 18.9 Å². The molecule has 2 unspecified atom stereocenters. The molecule has 1 saturated heterocycles. The first-order valence-electron chi connectivity index (χ1n) is 9.61. The second-order valence-corrected chi connectivity index (χ2v) is 8.48. The molecule has 0 N–H and O–H groups in total. The Bertz CT molecular complexity index is 1060. The molecule has 9 heteroatoms. The molecule has 2 aromatic carbocycles. The topological polar surface area (TPSA) is 57.9 Å². The van der Waals surface area contributed by atoms with E-state index < -0.39 is 5.79 Å². The van der Waals surface area contributed by atoms with Gasteiger partial charge in [0.15, 0.2) is 5.79 Å². The van der Waals surface area contributed by atoms with E-state index >= 15 is 0 Å². The zero-order valence-electron chi connectivity index (χ0n) is 16.7. The first kappa shape index (κ1) is 22.1. The molecule has 0 spiro atoms. The van der Waals surface area contributed by atoms with Crippen molar-refractivity contribution in [3.8, 4) is 0 Å². The van der Waals surface area contributed by atoms with Crippen LogP contribution in [0.4, 0.5) is 0 Å². The van der Waals surface area contributed by atoms with Crippen LogP contribution in [0.5, 0.6) is 0 Å². The summed E-state index contributed by atoms with van der Waals surface area (Å²) in [4.78, 5) is 9.72. The van der Waals surface area contributed by atoms with E-state index in [1.807, 2.05) is 35.9 Å². The Balaban J connectivity index is 1.45. The molecule has 2 atom stereocenters. The second-order valence-electron chi connectivity index (χ2n) is 7.20. The highest BCUT2D eigenvalue weighted by atomic mass is 35.5. The molecular formula is C22H20Cl3N3O3. The third-order valence-corrected chi connectivity index (χ3v) is 5.67. The summed E-state index contributed by atoms with van der Waals surface area (Å²) in [5.41, 5.74) is 2.25. The smallest absolute Gasteiger partial charge is 0.192 e. The summed E-state index contributed by atoms with van der Waals surface area (Å²) in [6, 6.07) is 12.6. The normalized spacial score (nSPS) is 21.4. The lowest BCUT2D eigenvalue weighted by atomic mass is 10.1. The van der Waals surface area contributed by atoms with Crippen molar-refractivity contribution >= 4 is 40.5 Å². The average molecular weight is 481 g/mol. The standard InChI is InChI=1S/C22H20Cl3N3O3/c1-22(15-2-4-16(23)5-3-15)29-12-18(31-22)13-30-27-21(11-28-9-8-26-14-28)19-7-6-17(24)10-20(19)25/h2-10,14,18H,11-13H2,1H3/b27-21+. The Morgan fingerprint density at radius 2 is 1.97 bits per heavy atom. The van der Waals surface area contributed by atoms with Gasteiger partial charge in [0.25, 0.3) is 0 Å². The number of benzene rings is 2. The van der Waals surface area contributed by atoms with Gasteiger partial charge in [0, 0.05) is 33.6 Å². The van der Waals surface area contributed by atoms with Gasteiger partial charge in [-0.05, 0) is 37.3 Å². The van der Waals surface area contributed by atoms with Crippen LogP contribution in [0.2, 0.25) is 15.1 Å². The number of hydrogen-bond donors (Lipinski definition) is 0. The minimum atomic E-state index is -0.860. The van der Waals surface area contributed by atoms with Crippen molar-refractivity contribution < 1.29 is 14.3 Å². The van der Waals surface area contributed by atoms with Crippen LogP contribution in [0.3, 0.4) is 0 Å². The molecule has 6 nitrogen and oxygen atoms in total. The first-order chi connectivity index (χ1) is 14.9. The summed E-state index contributed by atoms with van der Waals surface area (Å²) in [5.74, 6) is -0.860. The Kier molecular flexibility index (Phi) is 6.84. The highest BCUT2D eigenvalue weighted by molar-refractivity contribution is 6.37. The van der Waals surface area contributed by atoms with Crippen molar-refractivity contribution in [1.29, 1.82) is 0 Å². The first-order valence-corrected chi connectivity index (χ1v) is 10.7. The number of halogens is 3. The van der Waals surface area contributed by atoms with Crippen molar-refractivity contribution in [3.63, 3.8) is 0 Å². The Morgan fingerprint density at radius 1 is 1.19 bits per heavy atom. The third kappa shape index (κ3) is 5.40. The lowest BCUT2D eigenvalue weighted by molar-refractivity contribution is -0.167. The molecular weight excluding hydrogens is 461 g/mol. The van der Waals surface area contributed by atoms with Gasteiger partial charge in [0.05, 0.1) is 24.5 Å². The Hall–Kier alpha value is -2.09. The maximum absolute atomic E-state index is 6.39. The number of oxime groups is 1. The Labute approximate surface area is 195 Å². The molecule has 1 fully saturated rings. The van der Waals surface area contributed by atoms with Crippen molar-refractivity contribution in [1.82, 2.24) is 9.55 Å². The summed E-state index contributed by atoms with van der Waals surface area (Å²) in [5, 5.41) is 6.04. The number of rotatable bonds is 7. The van der Waals surface area contributed by atoms with E-state index in [1.54, 1.807) is 36.8 Å². The summed E-state index contributed by atoms with van der Waals surface area (Å²) < 4.78 is 13.9. The lowest BCUT2D eigenvalue weighted by Crippen LogP contribution is -2.25. The molecule has 1 aliphatic heterocycles. The molecule has 0 amide bonds. The van der Waals surface area contributed by atoms with E-state index in [2.05, 4.69) is 10.1 Å². The summed E-state index contributed by atoms with van der Waals surface area (Å²) >= 11 is 18.4. The predicted molar refractivity (Wildman–Crippen MR) is 121 cm³/mol. The maximum atomic E-state index is 6.39. The van der Waals surface area contributed by atoms with Gasteiger partial charge in [-0.3, -0.25) is 0 Å². The fourth-order valence-corrected chi connectivity index (χ4v) is 3.91. The van der Waals surface area contributed by atoms with E-state index in [9.17, 15) is 0 Å². The molecule has 1 aliphatic rings. The molecule has 0 bridgehead atoms. The van der Waals surface area contributed by atoms with Gasteiger partial charge in [-0.25, -0.2) is 4.98 Å². The average Bonchev–Trinajstić information content (AvgIpc) is 3.38. The maximum Gasteiger partial charge on any atom is 0.192 e. The van der Waals surface area contributed by atoms with E-state index in [-0.39, 0.29) is 12.7 Å². The van der Waals surface area contributed by atoms with Gasteiger partial charge in [0.1, 0.15) is 18.4 Å². The third-order valence-electron chi connectivity index (χ3n) is 4.87. The van der Waals surface area contributed by atoms with Crippen molar-refractivity contribution in [2.45, 2.75) is 25.4 Å². The largest absolute Gasteiger partial charge is 0.393 e. The minimum Gasteiger partial charge on any atom is -0.393 e. The van der Waals surface area contributed by atoms with Crippen molar-refractivity contribution in [3.05, 3.63) is 87.4 Å². The van der Waals surface area contributed by atoms with Crippen LogP contribution < -0.4 is 0 Å². The molecule has 1 aromatic heterocycles. The van der Waals surface area contributed by atoms with Crippen LogP contribution in [0, 0.1) is 0 Å². The second kappa shape index (κ2) is 9.59. The highest BCUT2D eigenvalue weighted by Gasteiger charge is 2.39. The van der Waals surface area contributed by atoms with Crippen LogP contribution in [0.25, 0.3) is 0 Å². The van der Waals surface area contributed by atoms with Crippen LogP contribution in [-0.2, 0) is 26.6 Å². The number of hydrogen-bond acceptors (Lipinski definition) is 5. The van der Waals surface area contributed by atoms with E-state index in [0.29, 0.717) is 33.9 Å². The van der Waals surface area contributed by atoms with Crippen LogP contribution in [0.15, 0.2) is 66.3 Å². The van der Waals surface area contributed by atoms with Crippen molar-refractivity contribution in [2.75, 3.05) is 13.2 Å². The molecule has 4 rings (SSSR count). The fourth-order valence-electron chi connectivity index (χ4n) is 3.26. The van der Waals surface area contributed by atoms with Gasteiger partial charge in [0.2, 0.25) is 0 Å². The van der Waals surface area contributed by atoms with Crippen LogP contribution in [-0.4, -0.2) is 34.6 Å². The fraction of sp³-hybridized carbons (Fsp3) is 0.273. The van der Waals surface area contributed by atoms with E-state index in [0.717, 1.165) is 11.1 Å². The van der Waals surface area contributed by atoms with E-state index in [1.165, 1.54) is 0 Å². The number of aromatic nitrogens is 2. The predicted octanol–water partition coefficient (Wildman–Crippen LogP) is 5.55. The summed E-state index contributed by atoms with van der Waals surface area (Å²) in [6.45, 7) is 2.92. The summed E-state index contributed by atoms with van der Waals surface area (Å²) in [6.07, 6.45) is 4.96. The molecule has 0 aliphatic carbocycles.